The highest BCUT2D eigenvalue weighted by Gasteiger charge is 2.39. The highest BCUT2D eigenvalue weighted by Crippen LogP contribution is 2.33. The average Bonchev–Trinajstić information content (AvgIpc) is 2.75. The van der Waals surface area contributed by atoms with Crippen LogP contribution in [0.3, 0.4) is 0 Å². The van der Waals surface area contributed by atoms with Crippen molar-refractivity contribution in [2.24, 2.45) is 0 Å². The van der Waals surface area contributed by atoms with Crippen LogP contribution in [0.1, 0.15) is 31.1 Å². The molecule has 0 saturated carbocycles. The molecule has 0 radical (unpaired) electrons. The molecule has 0 saturated heterocycles. The van der Waals surface area contributed by atoms with Gasteiger partial charge in [-0.2, -0.15) is 0 Å². The highest BCUT2D eigenvalue weighted by atomic mass is 19.2. The molecule has 0 aromatic heterocycles. The summed E-state index contributed by atoms with van der Waals surface area (Å²) >= 11 is 0. The van der Waals surface area contributed by atoms with Crippen LogP contribution in [0.4, 0.5) is 14.5 Å². The van der Waals surface area contributed by atoms with Gasteiger partial charge in [-0.15, -0.1) is 0 Å². The molecule has 1 aliphatic rings. The van der Waals surface area contributed by atoms with Crippen LogP contribution >= 0.6 is 0 Å². The van der Waals surface area contributed by atoms with Gasteiger partial charge in [-0.1, -0.05) is 12.1 Å². The Morgan fingerprint density at radius 1 is 0.905 bits per heavy atom. The maximum Gasteiger partial charge on any atom is 0.266 e. The number of rotatable bonds is 2. The average molecular weight is 287 g/mol. The molecule has 2 aromatic carbocycles. The van der Waals surface area contributed by atoms with Gasteiger partial charge in [0.2, 0.25) is 0 Å². The number of benzene rings is 2. The first-order chi connectivity index (χ1) is 10.1. The summed E-state index contributed by atoms with van der Waals surface area (Å²) in [7, 11) is 0. The number of hydrogen-bond donors (Lipinski definition) is 0. The van der Waals surface area contributed by atoms with E-state index in [2.05, 4.69) is 0 Å². The van der Waals surface area contributed by atoms with Crippen molar-refractivity contribution in [2.75, 3.05) is 4.90 Å². The Bertz CT molecular complexity index is 767. The molecule has 4 nitrogen and oxygen atoms in total. The quantitative estimate of drug-likeness (QED) is 0.630. The van der Waals surface area contributed by atoms with Gasteiger partial charge < -0.3 is 0 Å². The number of carbonyl (C=O) groups excluding carboxylic acids is 3. The van der Waals surface area contributed by atoms with E-state index >= 15 is 0 Å². The molecule has 2 aromatic rings. The van der Waals surface area contributed by atoms with E-state index in [0.29, 0.717) is 4.90 Å². The van der Waals surface area contributed by atoms with Gasteiger partial charge in [0.05, 0.1) is 11.1 Å². The van der Waals surface area contributed by atoms with Crippen LogP contribution in [0.25, 0.3) is 0 Å². The summed E-state index contributed by atoms with van der Waals surface area (Å²) in [5, 5.41) is 0. The first-order valence-electron chi connectivity index (χ1n) is 5.97. The van der Waals surface area contributed by atoms with E-state index in [4.69, 9.17) is 0 Å². The molecular formula is C15H7F2NO3. The monoisotopic (exact) mass is 287 g/mol. The fourth-order valence-corrected chi connectivity index (χ4v) is 2.27. The third kappa shape index (κ3) is 1.76. The molecule has 1 aliphatic heterocycles. The third-order valence-electron chi connectivity index (χ3n) is 3.24. The lowest BCUT2D eigenvalue weighted by Gasteiger charge is -2.17. The SMILES string of the molecule is O=Cc1ccc(F)c(F)c1N1C(=O)c2ccccc2C1=O. The molecule has 3 rings (SSSR count). The lowest BCUT2D eigenvalue weighted by atomic mass is 10.1. The second-order valence-corrected chi connectivity index (χ2v) is 4.41. The van der Waals surface area contributed by atoms with Crippen molar-refractivity contribution >= 4 is 23.8 Å². The number of anilines is 1. The van der Waals surface area contributed by atoms with Crippen LogP contribution in [0.15, 0.2) is 36.4 Å². The Labute approximate surface area is 117 Å². The predicted molar refractivity (Wildman–Crippen MR) is 69.3 cm³/mol. The van der Waals surface area contributed by atoms with Crippen molar-refractivity contribution in [3.8, 4) is 0 Å². The molecule has 2 amide bonds. The molecule has 21 heavy (non-hydrogen) atoms. The van der Waals surface area contributed by atoms with Gasteiger partial charge in [-0.25, -0.2) is 13.7 Å². The maximum atomic E-state index is 14.0. The normalized spacial score (nSPS) is 13.5. The molecule has 0 bridgehead atoms. The molecule has 104 valence electrons. The summed E-state index contributed by atoms with van der Waals surface area (Å²) in [5.74, 6) is -4.23. The fourth-order valence-electron chi connectivity index (χ4n) is 2.27. The number of amides is 2. The van der Waals surface area contributed by atoms with E-state index in [1.807, 2.05) is 0 Å². The van der Waals surface area contributed by atoms with Gasteiger partial charge in [0.15, 0.2) is 17.9 Å². The van der Waals surface area contributed by atoms with Crippen molar-refractivity contribution in [3.05, 3.63) is 64.7 Å². The Balaban J connectivity index is 2.25. The summed E-state index contributed by atoms with van der Waals surface area (Å²) in [6.45, 7) is 0. The topological polar surface area (TPSA) is 54.5 Å². The summed E-state index contributed by atoms with van der Waals surface area (Å²) in [5.41, 5.74) is -0.759. The number of carbonyl (C=O) groups is 3. The first-order valence-corrected chi connectivity index (χ1v) is 5.97. The number of imide groups is 1. The number of fused-ring (bicyclic) bond motifs is 1. The minimum Gasteiger partial charge on any atom is -0.298 e. The minimum atomic E-state index is -1.41. The smallest absolute Gasteiger partial charge is 0.266 e. The van der Waals surface area contributed by atoms with Crippen molar-refractivity contribution in [1.82, 2.24) is 0 Å². The lowest BCUT2D eigenvalue weighted by molar-refractivity contribution is 0.0924. The zero-order valence-electron chi connectivity index (χ0n) is 10.5. The van der Waals surface area contributed by atoms with E-state index in [-0.39, 0.29) is 23.0 Å². The van der Waals surface area contributed by atoms with Crippen LogP contribution in [-0.4, -0.2) is 18.1 Å². The van der Waals surface area contributed by atoms with Crippen LogP contribution < -0.4 is 4.90 Å². The third-order valence-corrected chi connectivity index (χ3v) is 3.24. The number of halogens is 2. The van der Waals surface area contributed by atoms with E-state index in [9.17, 15) is 23.2 Å². The Kier molecular flexibility index (Phi) is 2.86. The largest absolute Gasteiger partial charge is 0.298 e. The molecule has 0 spiro atoms. The molecule has 0 aliphatic carbocycles. The Hall–Kier alpha value is -2.89. The van der Waals surface area contributed by atoms with Crippen molar-refractivity contribution in [2.45, 2.75) is 0 Å². The fraction of sp³-hybridized carbons (Fsp3) is 0. The number of aldehydes is 1. The summed E-state index contributed by atoms with van der Waals surface area (Å²) in [6.07, 6.45) is 0.265. The van der Waals surface area contributed by atoms with Gasteiger partial charge >= 0.3 is 0 Å². The van der Waals surface area contributed by atoms with Gasteiger partial charge in [0, 0.05) is 5.56 Å². The predicted octanol–water partition coefficient (Wildman–Crippen LogP) is 2.58. The van der Waals surface area contributed by atoms with Crippen molar-refractivity contribution < 1.29 is 23.2 Å². The summed E-state index contributed by atoms with van der Waals surface area (Å²) in [6, 6.07) is 7.71. The number of hydrogen-bond acceptors (Lipinski definition) is 3. The van der Waals surface area contributed by atoms with Crippen LogP contribution in [0.2, 0.25) is 0 Å². The molecule has 0 N–H and O–H groups in total. The van der Waals surface area contributed by atoms with Crippen molar-refractivity contribution in [1.29, 1.82) is 0 Å². The molecule has 0 unspecified atom stereocenters. The Morgan fingerprint density at radius 2 is 1.48 bits per heavy atom. The zero-order valence-corrected chi connectivity index (χ0v) is 10.5. The van der Waals surface area contributed by atoms with E-state index in [1.54, 1.807) is 12.1 Å². The second kappa shape index (κ2) is 4.59. The van der Waals surface area contributed by atoms with Crippen molar-refractivity contribution in [3.63, 3.8) is 0 Å². The van der Waals surface area contributed by atoms with Gasteiger partial charge in [-0.05, 0) is 24.3 Å². The maximum absolute atomic E-state index is 14.0. The van der Waals surface area contributed by atoms with E-state index in [1.165, 1.54) is 12.1 Å². The van der Waals surface area contributed by atoms with Crippen LogP contribution in [0.5, 0.6) is 0 Å². The minimum absolute atomic E-state index is 0.0861. The highest BCUT2D eigenvalue weighted by molar-refractivity contribution is 6.35. The summed E-state index contributed by atoms with van der Waals surface area (Å²) in [4.78, 5) is 36.0. The molecule has 0 atom stereocenters. The Morgan fingerprint density at radius 3 is 2.00 bits per heavy atom. The van der Waals surface area contributed by atoms with Crippen LogP contribution in [-0.2, 0) is 0 Å². The summed E-state index contributed by atoms with van der Waals surface area (Å²) < 4.78 is 27.4. The van der Waals surface area contributed by atoms with E-state index < -0.39 is 29.1 Å². The first kappa shape index (κ1) is 13.1. The van der Waals surface area contributed by atoms with E-state index in [0.717, 1.165) is 12.1 Å². The zero-order chi connectivity index (χ0) is 15.1. The number of nitrogens with zero attached hydrogens (tertiary/aromatic N) is 1. The van der Waals surface area contributed by atoms with Gasteiger partial charge in [-0.3, -0.25) is 14.4 Å². The molecule has 1 heterocycles. The molecule has 0 fully saturated rings. The van der Waals surface area contributed by atoms with Crippen LogP contribution in [0, 0.1) is 11.6 Å². The second-order valence-electron chi connectivity index (χ2n) is 4.41. The molecule has 6 heteroatoms. The lowest BCUT2D eigenvalue weighted by Crippen LogP contribution is -2.31. The van der Waals surface area contributed by atoms with Gasteiger partial charge in [0.1, 0.15) is 5.69 Å². The molecular weight excluding hydrogens is 280 g/mol. The standard InChI is InChI=1S/C15H7F2NO3/c16-11-6-5-8(7-19)13(12(11)17)18-14(20)9-3-1-2-4-10(9)15(18)21/h1-7H. The van der Waals surface area contributed by atoms with Gasteiger partial charge in [0.25, 0.3) is 11.8 Å².